The van der Waals surface area contributed by atoms with Crippen molar-refractivity contribution in [2.75, 3.05) is 13.2 Å². The van der Waals surface area contributed by atoms with E-state index >= 15 is 0 Å². The largest absolute Gasteiger partial charge is 0.396 e. The van der Waals surface area contributed by atoms with Gasteiger partial charge in [-0.2, -0.15) is 0 Å². The maximum Gasteiger partial charge on any atom is 0.0449 e. The molecule has 0 aliphatic heterocycles. The quantitative estimate of drug-likeness (QED) is 0.801. The number of aliphatic hydroxyl groups is 1. The van der Waals surface area contributed by atoms with Gasteiger partial charge in [-0.15, -0.1) is 0 Å². The van der Waals surface area contributed by atoms with Gasteiger partial charge >= 0.3 is 0 Å². The predicted molar refractivity (Wildman–Crippen MR) is 68.8 cm³/mol. The molecule has 0 aromatic heterocycles. The van der Waals surface area contributed by atoms with Crippen LogP contribution in [0.25, 0.3) is 0 Å². The molecule has 1 unspecified atom stereocenters. The molecular formula is C14H23NO. The van der Waals surface area contributed by atoms with Gasteiger partial charge in [-0.05, 0) is 50.4 Å². The molecule has 1 aromatic carbocycles. The van der Waals surface area contributed by atoms with E-state index < -0.39 is 0 Å². The van der Waals surface area contributed by atoms with Gasteiger partial charge in [0, 0.05) is 12.6 Å². The van der Waals surface area contributed by atoms with Crippen molar-refractivity contribution < 1.29 is 5.11 Å². The molecule has 2 heteroatoms. The number of hydrogen-bond acceptors (Lipinski definition) is 2. The molecule has 1 atom stereocenters. The number of hydrogen-bond donors (Lipinski definition) is 2. The minimum Gasteiger partial charge on any atom is -0.396 e. The van der Waals surface area contributed by atoms with E-state index in [9.17, 15) is 0 Å². The van der Waals surface area contributed by atoms with Crippen LogP contribution in [-0.2, 0) is 0 Å². The predicted octanol–water partition coefficient (Wildman–Crippen LogP) is 2.64. The summed E-state index contributed by atoms with van der Waals surface area (Å²) in [5.74, 6) is 0. The fraction of sp³-hybridized carbons (Fsp3) is 0.571. The molecule has 2 N–H and O–H groups in total. The van der Waals surface area contributed by atoms with Crippen molar-refractivity contribution in [3.05, 3.63) is 34.4 Å². The smallest absolute Gasteiger partial charge is 0.0449 e. The van der Waals surface area contributed by atoms with Crippen LogP contribution in [0, 0.1) is 20.8 Å². The first kappa shape index (κ1) is 13.2. The van der Waals surface area contributed by atoms with Crippen molar-refractivity contribution in [2.45, 2.75) is 40.2 Å². The Kier molecular flexibility index (Phi) is 4.97. The van der Waals surface area contributed by atoms with Crippen molar-refractivity contribution in [1.82, 2.24) is 5.32 Å². The van der Waals surface area contributed by atoms with Crippen LogP contribution in [0.3, 0.4) is 0 Å². The van der Waals surface area contributed by atoms with Gasteiger partial charge in [0.2, 0.25) is 0 Å². The van der Waals surface area contributed by atoms with Crippen molar-refractivity contribution in [2.24, 2.45) is 0 Å². The van der Waals surface area contributed by atoms with Gasteiger partial charge in [0.15, 0.2) is 0 Å². The Balaban J connectivity index is 3.07. The van der Waals surface area contributed by atoms with Crippen molar-refractivity contribution in [3.63, 3.8) is 0 Å². The zero-order valence-electron chi connectivity index (χ0n) is 10.8. The lowest BCUT2D eigenvalue weighted by atomic mass is 9.92. The topological polar surface area (TPSA) is 32.3 Å². The van der Waals surface area contributed by atoms with Gasteiger partial charge in [0.05, 0.1) is 0 Å². The molecule has 0 aliphatic carbocycles. The average Bonchev–Trinajstić information content (AvgIpc) is 2.16. The summed E-state index contributed by atoms with van der Waals surface area (Å²) in [5.41, 5.74) is 5.29. The minimum absolute atomic E-state index is 0.227. The van der Waals surface area contributed by atoms with E-state index in [1.165, 1.54) is 22.3 Å². The van der Waals surface area contributed by atoms with E-state index in [1.54, 1.807) is 0 Å². The summed E-state index contributed by atoms with van der Waals surface area (Å²) in [6, 6.07) is 4.70. The second-order valence-corrected chi connectivity index (χ2v) is 4.43. The van der Waals surface area contributed by atoms with Crippen LogP contribution >= 0.6 is 0 Å². The van der Waals surface area contributed by atoms with E-state index in [0.29, 0.717) is 0 Å². The highest BCUT2D eigenvalue weighted by Crippen LogP contribution is 2.25. The standard InChI is InChI=1S/C14H23NO/c1-5-15-13(6-7-16)14-11(3)8-10(2)9-12(14)4/h8-9,13,15-16H,5-7H2,1-4H3. The molecule has 0 spiro atoms. The minimum atomic E-state index is 0.227. The van der Waals surface area contributed by atoms with E-state index in [4.69, 9.17) is 5.11 Å². The van der Waals surface area contributed by atoms with Gasteiger partial charge in [-0.1, -0.05) is 24.6 Å². The van der Waals surface area contributed by atoms with E-state index in [-0.39, 0.29) is 12.6 Å². The first-order valence-corrected chi connectivity index (χ1v) is 6.02. The van der Waals surface area contributed by atoms with Crippen LogP contribution in [0.5, 0.6) is 0 Å². The maximum atomic E-state index is 9.12. The molecule has 0 radical (unpaired) electrons. The second kappa shape index (κ2) is 6.02. The molecule has 1 aromatic rings. The number of aliphatic hydroxyl groups excluding tert-OH is 1. The summed E-state index contributed by atoms with van der Waals surface area (Å²) in [5, 5.41) is 12.6. The molecule has 90 valence electrons. The van der Waals surface area contributed by atoms with Gasteiger partial charge in [-0.3, -0.25) is 0 Å². The Bertz CT molecular complexity index is 318. The van der Waals surface area contributed by atoms with Gasteiger partial charge < -0.3 is 10.4 Å². The molecule has 2 nitrogen and oxygen atoms in total. The van der Waals surface area contributed by atoms with Gasteiger partial charge in [-0.25, -0.2) is 0 Å². The Morgan fingerprint density at radius 3 is 2.19 bits per heavy atom. The van der Waals surface area contributed by atoms with Crippen LogP contribution < -0.4 is 5.32 Å². The molecule has 0 fully saturated rings. The van der Waals surface area contributed by atoms with E-state index in [1.807, 2.05) is 0 Å². The lowest BCUT2D eigenvalue weighted by molar-refractivity contribution is 0.266. The first-order chi connectivity index (χ1) is 7.60. The first-order valence-electron chi connectivity index (χ1n) is 6.02. The SMILES string of the molecule is CCNC(CCO)c1c(C)cc(C)cc1C. The number of aryl methyl sites for hydroxylation is 3. The Morgan fingerprint density at radius 1 is 1.19 bits per heavy atom. The molecule has 0 bridgehead atoms. The molecule has 0 heterocycles. The fourth-order valence-electron chi connectivity index (χ4n) is 2.46. The van der Waals surface area contributed by atoms with Crippen molar-refractivity contribution in [1.29, 1.82) is 0 Å². The molecule has 0 saturated heterocycles. The maximum absolute atomic E-state index is 9.12. The Hall–Kier alpha value is -0.860. The Labute approximate surface area is 98.7 Å². The number of rotatable bonds is 5. The van der Waals surface area contributed by atoms with Crippen molar-refractivity contribution in [3.8, 4) is 0 Å². The molecule has 0 aliphatic rings. The number of benzene rings is 1. The van der Waals surface area contributed by atoms with Crippen LogP contribution in [0.1, 0.15) is 41.6 Å². The van der Waals surface area contributed by atoms with Gasteiger partial charge in [0.25, 0.3) is 0 Å². The lowest BCUT2D eigenvalue weighted by Gasteiger charge is -2.22. The summed E-state index contributed by atoms with van der Waals surface area (Å²) in [6.07, 6.45) is 0.776. The third-order valence-electron chi connectivity index (χ3n) is 2.95. The number of nitrogens with one attached hydrogen (secondary N) is 1. The second-order valence-electron chi connectivity index (χ2n) is 4.43. The molecule has 16 heavy (non-hydrogen) atoms. The normalized spacial score (nSPS) is 12.8. The average molecular weight is 221 g/mol. The third kappa shape index (κ3) is 3.06. The summed E-state index contributed by atoms with van der Waals surface area (Å²) in [4.78, 5) is 0. The summed E-state index contributed by atoms with van der Waals surface area (Å²) >= 11 is 0. The monoisotopic (exact) mass is 221 g/mol. The summed E-state index contributed by atoms with van der Waals surface area (Å²) in [7, 11) is 0. The Morgan fingerprint density at radius 2 is 1.75 bits per heavy atom. The van der Waals surface area contributed by atoms with E-state index in [2.05, 4.69) is 45.1 Å². The van der Waals surface area contributed by atoms with Crippen LogP contribution in [0.15, 0.2) is 12.1 Å². The lowest BCUT2D eigenvalue weighted by Crippen LogP contribution is -2.23. The summed E-state index contributed by atoms with van der Waals surface area (Å²) < 4.78 is 0. The van der Waals surface area contributed by atoms with Gasteiger partial charge in [0.1, 0.15) is 0 Å². The molecule has 0 amide bonds. The van der Waals surface area contributed by atoms with Crippen LogP contribution in [0.2, 0.25) is 0 Å². The van der Waals surface area contributed by atoms with Crippen molar-refractivity contribution >= 4 is 0 Å². The van der Waals surface area contributed by atoms with E-state index in [0.717, 1.165) is 13.0 Å². The molecule has 0 saturated carbocycles. The fourth-order valence-corrected chi connectivity index (χ4v) is 2.46. The highest BCUT2D eigenvalue weighted by molar-refractivity contribution is 5.39. The summed E-state index contributed by atoms with van der Waals surface area (Å²) in [6.45, 7) is 9.68. The third-order valence-corrected chi connectivity index (χ3v) is 2.95. The highest BCUT2D eigenvalue weighted by Gasteiger charge is 2.14. The van der Waals surface area contributed by atoms with Crippen LogP contribution in [-0.4, -0.2) is 18.3 Å². The van der Waals surface area contributed by atoms with Crippen LogP contribution in [0.4, 0.5) is 0 Å². The molecular weight excluding hydrogens is 198 g/mol. The highest BCUT2D eigenvalue weighted by atomic mass is 16.3. The zero-order valence-corrected chi connectivity index (χ0v) is 10.8. The molecule has 1 rings (SSSR count). The zero-order chi connectivity index (χ0) is 12.1.